The average Bonchev–Trinajstić information content (AvgIpc) is 3.32. The minimum atomic E-state index is -0.936. The highest BCUT2D eigenvalue weighted by Gasteiger charge is 2.21. The lowest BCUT2D eigenvalue weighted by molar-refractivity contribution is 0.0697. The number of likely N-dealkylation sites (N-methyl/N-ethyl adjacent to an activating group) is 1. The van der Waals surface area contributed by atoms with Crippen LogP contribution in [0.1, 0.15) is 10.4 Å². The Bertz CT molecular complexity index is 1190. The van der Waals surface area contributed by atoms with E-state index in [9.17, 15) is 9.90 Å². The molecule has 4 aromatic rings. The highest BCUT2D eigenvalue weighted by atomic mass is 16.4. The number of hydrogen-bond donors (Lipinski definition) is 5. The van der Waals surface area contributed by atoms with Gasteiger partial charge in [0.1, 0.15) is 0 Å². The fourth-order valence-electron chi connectivity index (χ4n) is 3.50. The first kappa shape index (κ1) is 19.5. The standard InChI is InChI=1S/C13H17N5O2.C7H7N3/c1-17-2-4-18(5-3-17)11-7-10-9(15-13(14)16-10)6-8(11)12(19)20;8-6-2-1-5-4-9-10-7(5)3-6/h6-7H,2-5H2,1H3,(H,19,20)(H3,14,15,16);1-4H,8H2,(H,9,10). The number of aromatic carboxylic acids is 1. The van der Waals surface area contributed by atoms with E-state index in [1.54, 1.807) is 18.3 Å². The summed E-state index contributed by atoms with van der Waals surface area (Å²) in [4.78, 5) is 22.8. The zero-order chi connectivity index (χ0) is 21.3. The summed E-state index contributed by atoms with van der Waals surface area (Å²) in [5.41, 5.74) is 15.3. The number of nitrogens with one attached hydrogen (secondary N) is 2. The average molecular weight is 408 g/mol. The van der Waals surface area contributed by atoms with Crippen LogP contribution in [0.25, 0.3) is 21.9 Å². The molecule has 1 aliphatic heterocycles. The van der Waals surface area contributed by atoms with Gasteiger partial charge < -0.3 is 31.4 Å². The zero-order valence-electron chi connectivity index (χ0n) is 16.6. The number of benzene rings is 2. The van der Waals surface area contributed by atoms with Gasteiger partial charge in [-0.05, 0) is 37.4 Å². The normalized spacial score (nSPS) is 14.6. The van der Waals surface area contributed by atoms with Crippen molar-refractivity contribution < 1.29 is 9.90 Å². The van der Waals surface area contributed by atoms with Crippen molar-refractivity contribution in [3.8, 4) is 0 Å². The van der Waals surface area contributed by atoms with Crippen LogP contribution < -0.4 is 16.4 Å². The molecule has 1 aliphatic rings. The predicted molar refractivity (Wildman–Crippen MR) is 118 cm³/mol. The van der Waals surface area contributed by atoms with E-state index >= 15 is 0 Å². The second-order valence-electron chi connectivity index (χ2n) is 7.32. The van der Waals surface area contributed by atoms with Crippen molar-refractivity contribution in [3.05, 3.63) is 42.1 Å². The van der Waals surface area contributed by atoms with E-state index in [0.717, 1.165) is 42.8 Å². The van der Waals surface area contributed by atoms with E-state index in [1.165, 1.54) is 0 Å². The first-order valence-corrected chi connectivity index (χ1v) is 9.55. The monoisotopic (exact) mass is 408 g/mol. The zero-order valence-corrected chi connectivity index (χ0v) is 16.6. The molecule has 0 atom stereocenters. The molecule has 0 unspecified atom stereocenters. The summed E-state index contributed by atoms with van der Waals surface area (Å²) in [5, 5.41) is 17.2. The van der Waals surface area contributed by atoms with Crippen molar-refractivity contribution in [1.29, 1.82) is 0 Å². The minimum Gasteiger partial charge on any atom is -0.478 e. The third-order valence-electron chi connectivity index (χ3n) is 5.16. The van der Waals surface area contributed by atoms with Crippen molar-refractivity contribution in [2.45, 2.75) is 0 Å². The van der Waals surface area contributed by atoms with Crippen molar-refractivity contribution in [2.24, 2.45) is 0 Å². The highest BCUT2D eigenvalue weighted by molar-refractivity contribution is 5.99. The van der Waals surface area contributed by atoms with E-state index in [2.05, 4.69) is 37.0 Å². The van der Waals surface area contributed by atoms with Gasteiger partial charge in [0.25, 0.3) is 0 Å². The lowest BCUT2D eigenvalue weighted by atomic mass is 10.1. The van der Waals surface area contributed by atoms with Crippen LogP contribution in [0.15, 0.2) is 36.5 Å². The van der Waals surface area contributed by atoms with Crippen molar-refractivity contribution >= 4 is 45.2 Å². The molecule has 0 bridgehead atoms. The molecule has 2 aromatic carbocycles. The van der Waals surface area contributed by atoms with Crippen LogP contribution >= 0.6 is 0 Å². The third-order valence-corrected chi connectivity index (χ3v) is 5.16. The Hall–Kier alpha value is -3.79. The van der Waals surface area contributed by atoms with Crippen LogP contribution in [0.3, 0.4) is 0 Å². The van der Waals surface area contributed by atoms with E-state index in [1.807, 2.05) is 18.2 Å². The number of hydrogen-bond acceptors (Lipinski definition) is 7. The van der Waals surface area contributed by atoms with E-state index < -0.39 is 5.97 Å². The number of carboxylic acid groups (broad SMARTS) is 1. The molecule has 0 saturated carbocycles. The lowest BCUT2D eigenvalue weighted by Gasteiger charge is -2.34. The molecule has 7 N–H and O–H groups in total. The maximum absolute atomic E-state index is 11.5. The number of piperazine rings is 1. The Labute approximate surface area is 172 Å². The van der Waals surface area contributed by atoms with Gasteiger partial charge in [0.05, 0.1) is 34.0 Å². The molecule has 1 fully saturated rings. The van der Waals surface area contributed by atoms with Crippen LogP contribution in [0, 0.1) is 0 Å². The molecule has 0 radical (unpaired) electrons. The fourth-order valence-corrected chi connectivity index (χ4v) is 3.50. The number of aromatic nitrogens is 4. The Kier molecular flexibility index (Phi) is 5.15. The summed E-state index contributed by atoms with van der Waals surface area (Å²) in [7, 11) is 2.06. The summed E-state index contributed by atoms with van der Waals surface area (Å²) in [6.07, 6.45) is 1.77. The fraction of sp³-hybridized carbons (Fsp3) is 0.250. The Morgan fingerprint density at radius 1 is 1.10 bits per heavy atom. The van der Waals surface area contributed by atoms with Crippen molar-refractivity contribution in [2.75, 3.05) is 49.6 Å². The van der Waals surface area contributed by atoms with Crippen LogP contribution in [0.5, 0.6) is 0 Å². The van der Waals surface area contributed by atoms with Gasteiger partial charge in [0.15, 0.2) is 5.95 Å². The number of rotatable bonds is 2. The Morgan fingerprint density at radius 3 is 2.60 bits per heavy atom. The summed E-state index contributed by atoms with van der Waals surface area (Å²) >= 11 is 0. The predicted octanol–water partition coefficient (Wildman–Crippen LogP) is 1.74. The summed E-state index contributed by atoms with van der Waals surface area (Å²) < 4.78 is 0. The Balaban J connectivity index is 0.000000181. The minimum absolute atomic E-state index is 0.283. The molecule has 10 heteroatoms. The number of anilines is 3. The number of imidazole rings is 1. The number of carbonyl (C=O) groups is 1. The van der Waals surface area contributed by atoms with Gasteiger partial charge in [-0.25, -0.2) is 9.78 Å². The Morgan fingerprint density at radius 2 is 1.87 bits per heavy atom. The summed E-state index contributed by atoms with van der Waals surface area (Å²) in [5.74, 6) is -0.638. The SMILES string of the molecule is CN1CCN(c2cc3nc(N)[nH]c3cc2C(=O)O)CC1.Nc1ccc2cn[nH]c2c1. The van der Waals surface area contributed by atoms with Crippen molar-refractivity contribution in [1.82, 2.24) is 25.1 Å². The third kappa shape index (κ3) is 3.98. The maximum atomic E-state index is 11.5. The largest absolute Gasteiger partial charge is 0.478 e. The summed E-state index contributed by atoms with van der Waals surface area (Å²) in [6.45, 7) is 3.45. The van der Waals surface area contributed by atoms with Crippen molar-refractivity contribution in [3.63, 3.8) is 0 Å². The number of carboxylic acids is 1. The molecular weight excluding hydrogens is 384 g/mol. The van der Waals surface area contributed by atoms with Crippen LogP contribution in [-0.4, -0.2) is 69.4 Å². The molecule has 0 spiro atoms. The second kappa shape index (κ2) is 7.91. The quantitative estimate of drug-likeness (QED) is 0.314. The molecule has 3 heterocycles. The molecule has 30 heavy (non-hydrogen) atoms. The second-order valence-corrected chi connectivity index (χ2v) is 7.32. The molecule has 10 nitrogen and oxygen atoms in total. The first-order valence-electron chi connectivity index (χ1n) is 9.55. The van der Waals surface area contributed by atoms with Gasteiger partial charge in [0.2, 0.25) is 0 Å². The van der Waals surface area contributed by atoms with E-state index in [-0.39, 0.29) is 5.56 Å². The molecule has 156 valence electrons. The number of nitrogens with two attached hydrogens (primary N) is 2. The van der Waals surface area contributed by atoms with Crippen LogP contribution in [-0.2, 0) is 0 Å². The van der Waals surface area contributed by atoms with Crippen LogP contribution in [0.2, 0.25) is 0 Å². The van der Waals surface area contributed by atoms with E-state index in [0.29, 0.717) is 22.7 Å². The smallest absolute Gasteiger partial charge is 0.337 e. The molecule has 0 aliphatic carbocycles. The highest BCUT2D eigenvalue weighted by Crippen LogP contribution is 2.27. The molecule has 0 amide bonds. The lowest BCUT2D eigenvalue weighted by Crippen LogP contribution is -2.45. The number of nitrogen functional groups attached to an aromatic ring is 2. The number of nitrogens with zero attached hydrogens (tertiary/aromatic N) is 4. The molecular formula is C20H24N8O2. The maximum Gasteiger partial charge on any atom is 0.337 e. The van der Waals surface area contributed by atoms with Gasteiger partial charge in [-0.2, -0.15) is 5.10 Å². The number of fused-ring (bicyclic) bond motifs is 2. The van der Waals surface area contributed by atoms with Gasteiger partial charge in [-0.15, -0.1) is 0 Å². The first-order chi connectivity index (χ1) is 14.4. The van der Waals surface area contributed by atoms with Gasteiger partial charge in [0, 0.05) is 37.3 Å². The van der Waals surface area contributed by atoms with Gasteiger partial charge >= 0.3 is 5.97 Å². The number of H-pyrrole nitrogens is 2. The molecule has 2 aromatic heterocycles. The van der Waals surface area contributed by atoms with Crippen LogP contribution in [0.4, 0.5) is 17.3 Å². The molecule has 5 rings (SSSR count). The summed E-state index contributed by atoms with van der Waals surface area (Å²) in [6, 6.07) is 9.07. The van der Waals surface area contributed by atoms with E-state index in [4.69, 9.17) is 11.5 Å². The molecule has 1 saturated heterocycles. The van der Waals surface area contributed by atoms with Gasteiger partial charge in [-0.1, -0.05) is 0 Å². The number of aromatic amines is 2. The van der Waals surface area contributed by atoms with Gasteiger partial charge in [-0.3, -0.25) is 5.10 Å². The topological polar surface area (TPSA) is 153 Å².